The summed E-state index contributed by atoms with van der Waals surface area (Å²) in [5.74, 6) is 0.612. The number of rotatable bonds is 5. The number of halogens is 1. The van der Waals surface area contributed by atoms with Crippen molar-refractivity contribution in [2.45, 2.75) is 50.3 Å². The van der Waals surface area contributed by atoms with E-state index >= 15 is 0 Å². The van der Waals surface area contributed by atoms with Crippen LogP contribution in [0.2, 0.25) is 5.02 Å². The number of hydrogen-bond acceptors (Lipinski definition) is 2. The SMILES string of the molecule is CC(C)C(CNC(C)(C)C)Sc1ccccc1Cl. The van der Waals surface area contributed by atoms with E-state index in [1.807, 2.05) is 30.0 Å². The van der Waals surface area contributed by atoms with Crippen LogP contribution in [0.15, 0.2) is 29.2 Å². The third kappa shape index (κ3) is 5.64. The topological polar surface area (TPSA) is 12.0 Å². The van der Waals surface area contributed by atoms with Crippen molar-refractivity contribution in [3.8, 4) is 0 Å². The Bertz CT molecular complexity index is 371. The second-order valence-electron chi connectivity index (χ2n) is 5.96. The van der Waals surface area contributed by atoms with Gasteiger partial charge in [-0.1, -0.05) is 37.6 Å². The van der Waals surface area contributed by atoms with Crippen molar-refractivity contribution in [2.24, 2.45) is 5.92 Å². The van der Waals surface area contributed by atoms with Gasteiger partial charge < -0.3 is 5.32 Å². The zero-order chi connectivity index (χ0) is 13.8. The van der Waals surface area contributed by atoms with Gasteiger partial charge in [-0.3, -0.25) is 0 Å². The summed E-state index contributed by atoms with van der Waals surface area (Å²) in [7, 11) is 0. The van der Waals surface area contributed by atoms with Crippen molar-refractivity contribution < 1.29 is 0 Å². The Morgan fingerprint density at radius 3 is 2.33 bits per heavy atom. The second-order valence-corrected chi connectivity index (χ2v) is 7.65. The Kier molecular flexibility index (Phi) is 6.03. The maximum Gasteiger partial charge on any atom is 0.0541 e. The minimum atomic E-state index is 0.161. The molecule has 0 aliphatic carbocycles. The first kappa shape index (κ1) is 15.9. The molecule has 0 fully saturated rings. The lowest BCUT2D eigenvalue weighted by atomic mass is 10.1. The standard InChI is InChI=1S/C15H24ClNS/c1-11(2)14(10-17-15(3,4)5)18-13-9-7-6-8-12(13)16/h6-9,11,14,17H,10H2,1-5H3. The highest BCUT2D eigenvalue weighted by Crippen LogP contribution is 2.33. The third-order valence-corrected chi connectivity index (χ3v) is 4.76. The fourth-order valence-electron chi connectivity index (χ4n) is 1.52. The normalized spacial score (nSPS) is 13.9. The van der Waals surface area contributed by atoms with Crippen molar-refractivity contribution >= 4 is 23.4 Å². The summed E-state index contributed by atoms with van der Waals surface area (Å²) < 4.78 is 0. The fraction of sp³-hybridized carbons (Fsp3) is 0.600. The van der Waals surface area contributed by atoms with E-state index in [0.717, 1.165) is 11.6 Å². The van der Waals surface area contributed by atoms with E-state index in [9.17, 15) is 0 Å². The largest absolute Gasteiger partial charge is 0.311 e. The molecule has 1 atom stereocenters. The zero-order valence-electron chi connectivity index (χ0n) is 12.0. The molecule has 1 aromatic carbocycles. The van der Waals surface area contributed by atoms with Crippen LogP contribution < -0.4 is 5.32 Å². The summed E-state index contributed by atoms with van der Waals surface area (Å²) in [4.78, 5) is 1.17. The third-order valence-electron chi connectivity index (χ3n) is 2.69. The monoisotopic (exact) mass is 285 g/mol. The lowest BCUT2D eigenvalue weighted by Gasteiger charge is -2.27. The molecular weight excluding hydrogens is 262 g/mol. The average molecular weight is 286 g/mol. The maximum absolute atomic E-state index is 6.22. The lowest BCUT2D eigenvalue weighted by molar-refractivity contribution is 0.408. The molecule has 0 radical (unpaired) electrons. The van der Waals surface area contributed by atoms with Crippen LogP contribution in [0.25, 0.3) is 0 Å². The van der Waals surface area contributed by atoms with Crippen LogP contribution in [0.5, 0.6) is 0 Å². The Hall–Kier alpha value is -0.180. The molecule has 102 valence electrons. The van der Waals surface area contributed by atoms with E-state index in [0.29, 0.717) is 11.2 Å². The van der Waals surface area contributed by atoms with Gasteiger partial charge in [0.1, 0.15) is 0 Å². The van der Waals surface area contributed by atoms with Gasteiger partial charge in [0.15, 0.2) is 0 Å². The molecule has 18 heavy (non-hydrogen) atoms. The molecule has 1 unspecified atom stereocenters. The van der Waals surface area contributed by atoms with Crippen molar-refractivity contribution in [3.05, 3.63) is 29.3 Å². The van der Waals surface area contributed by atoms with Gasteiger partial charge in [0.2, 0.25) is 0 Å². The molecule has 1 aromatic rings. The Morgan fingerprint density at radius 2 is 1.83 bits per heavy atom. The first-order valence-corrected chi connectivity index (χ1v) is 7.71. The lowest BCUT2D eigenvalue weighted by Crippen LogP contribution is -2.41. The minimum absolute atomic E-state index is 0.161. The summed E-state index contributed by atoms with van der Waals surface area (Å²) in [5.41, 5.74) is 0.161. The summed E-state index contributed by atoms with van der Waals surface area (Å²) in [6.45, 7) is 12.1. The zero-order valence-corrected chi connectivity index (χ0v) is 13.5. The first-order chi connectivity index (χ1) is 8.29. The molecule has 0 saturated heterocycles. The van der Waals surface area contributed by atoms with E-state index in [1.165, 1.54) is 4.90 Å². The predicted octanol–water partition coefficient (Wildman–Crippen LogP) is 4.84. The molecular formula is C15H24ClNS. The predicted molar refractivity (Wildman–Crippen MR) is 83.7 cm³/mol. The highest BCUT2D eigenvalue weighted by molar-refractivity contribution is 8.00. The molecule has 0 spiro atoms. The molecule has 3 heteroatoms. The van der Waals surface area contributed by atoms with Crippen LogP contribution in [0.4, 0.5) is 0 Å². The van der Waals surface area contributed by atoms with Crippen molar-refractivity contribution in [2.75, 3.05) is 6.54 Å². The summed E-state index contributed by atoms with van der Waals surface area (Å²) in [6, 6.07) is 8.07. The van der Waals surface area contributed by atoms with Crippen molar-refractivity contribution in [1.29, 1.82) is 0 Å². The summed E-state index contributed by atoms with van der Waals surface area (Å²) in [5, 5.41) is 4.96. The molecule has 1 N–H and O–H groups in total. The number of benzene rings is 1. The van der Waals surface area contributed by atoms with E-state index in [4.69, 9.17) is 11.6 Å². The van der Waals surface area contributed by atoms with E-state index in [2.05, 4.69) is 46.0 Å². The number of nitrogens with one attached hydrogen (secondary N) is 1. The van der Waals surface area contributed by atoms with Crippen LogP contribution >= 0.6 is 23.4 Å². The molecule has 0 heterocycles. The van der Waals surface area contributed by atoms with Crippen LogP contribution in [0.3, 0.4) is 0 Å². The minimum Gasteiger partial charge on any atom is -0.311 e. The van der Waals surface area contributed by atoms with Crippen molar-refractivity contribution in [1.82, 2.24) is 5.32 Å². The average Bonchev–Trinajstić information content (AvgIpc) is 2.24. The van der Waals surface area contributed by atoms with Gasteiger partial charge in [-0.15, -0.1) is 11.8 Å². The van der Waals surface area contributed by atoms with Crippen LogP contribution in [0, 0.1) is 5.92 Å². The summed E-state index contributed by atoms with van der Waals surface area (Å²) >= 11 is 8.09. The second kappa shape index (κ2) is 6.83. The van der Waals surface area contributed by atoms with Gasteiger partial charge in [0.05, 0.1) is 5.02 Å². The maximum atomic E-state index is 6.22. The summed E-state index contributed by atoms with van der Waals surface area (Å²) in [6.07, 6.45) is 0. The fourth-order valence-corrected chi connectivity index (χ4v) is 2.90. The highest BCUT2D eigenvalue weighted by Gasteiger charge is 2.19. The molecule has 1 rings (SSSR count). The number of thioether (sulfide) groups is 1. The van der Waals surface area contributed by atoms with Gasteiger partial charge >= 0.3 is 0 Å². The molecule has 0 bridgehead atoms. The van der Waals surface area contributed by atoms with Crippen molar-refractivity contribution in [3.63, 3.8) is 0 Å². The van der Waals surface area contributed by atoms with Crippen LogP contribution in [-0.2, 0) is 0 Å². The molecule has 0 saturated carbocycles. The van der Waals surface area contributed by atoms with Crippen LogP contribution in [-0.4, -0.2) is 17.3 Å². The van der Waals surface area contributed by atoms with Gasteiger partial charge in [0.25, 0.3) is 0 Å². The van der Waals surface area contributed by atoms with E-state index < -0.39 is 0 Å². The molecule has 0 aliphatic rings. The molecule has 1 nitrogen and oxygen atoms in total. The molecule has 0 aliphatic heterocycles. The smallest absolute Gasteiger partial charge is 0.0541 e. The van der Waals surface area contributed by atoms with E-state index in [1.54, 1.807) is 0 Å². The number of hydrogen-bond donors (Lipinski definition) is 1. The first-order valence-electron chi connectivity index (χ1n) is 6.46. The van der Waals surface area contributed by atoms with Crippen LogP contribution in [0.1, 0.15) is 34.6 Å². The van der Waals surface area contributed by atoms with Gasteiger partial charge in [-0.2, -0.15) is 0 Å². The molecule has 0 amide bonds. The Balaban J connectivity index is 2.67. The Labute approximate surface area is 121 Å². The Morgan fingerprint density at radius 1 is 1.22 bits per heavy atom. The van der Waals surface area contributed by atoms with Gasteiger partial charge in [-0.05, 0) is 38.8 Å². The van der Waals surface area contributed by atoms with Gasteiger partial charge in [0, 0.05) is 22.2 Å². The highest BCUT2D eigenvalue weighted by atomic mass is 35.5. The quantitative estimate of drug-likeness (QED) is 0.777. The van der Waals surface area contributed by atoms with Gasteiger partial charge in [-0.25, -0.2) is 0 Å². The molecule has 0 aromatic heterocycles. The van der Waals surface area contributed by atoms with E-state index in [-0.39, 0.29) is 5.54 Å².